The van der Waals surface area contributed by atoms with E-state index in [-0.39, 0.29) is 18.4 Å². The highest BCUT2D eigenvalue weighted by Gasteiger charge is 2.04. The molecule has 7 heteroatoms. The zero-order valence-electron chi connectivity index (χ0n) is 11.7. The van der Waals surface area contributed by atoms with Gasteiger partial charge >= 0.3 is 0 Å². The molecule has 114 valence electrons. The Morgan fingerprint density at radius 3 is 2.76 bits per heavy atom. The number of imidazole rings is 1. The van der Waals surface area contributed by atoms with Gasteiger partial charge in [0, 0.05) is 18.9 Å². The molecule has 0 aliphatic carbocycles. The van der Waals surface area contributed by atoms with E-state index in [1.165, 1.54) is 0 Å². The molecule has 21 heavy (non-hydrogen) atoms. The summed E-state index contributed by atoms with van der Waals surface area (Å²) < 4.78 is 7.73. The fraction of sp³-hybridized carbons (Fsp3) is 0.286. The van der Waals surface area contributed by atoms with E-state index < -0.39 is 0 Å². The quantitative estimate of drug-likeness (QED) is 0.463. The minimum Gasteiger partial charge on any atom is -0.491 e. The monoisotopic (exact) mass is 309 g/mol. The maximum atomic E-state index is 5.81. The summed E-state index contributed by atoms with van der Waals surface area (Å²) in [4.78, 5) is 7.98. The highest BCUT2D eigenvalue weighted by Crippen LogP contribution is 2.22. The van der Waals surface area contributed by atoms with Crippen molar-refractivity contribution in [3.8, 4) is 11.4 Å². The number of aliphatic imine (C=N–C) groups is 1. The lowest BCUT2D eigenvalue weighted by Gasteiger charge is -2.11. The normalized spacial score (nSPS) is 9.71. The predicted octanol–water partition coefficient (Wildman–Crippen LogP) is 1.73. The maximum Gasteiger partial charge on any atom is 0.185 e. The van der Waals surface area contributed by atoms with Gasteiger partial charge in [-0.05, 0) is 25.0 Å². The van der Waals surface area contributed by atoms with Crippen molar-refractivity contribution in [1.82, 2.24) is 9.55 Å². The number of nitrogens with two attached hydrogens (primary N) is 2. The van der Waals surface area contributed by atoms with E-state index in [0.717, 1.165) is 24.3 Å². The van der Waals surface area contributed by atoms with Crippen molar-refractivity contribution in [2.24, 2.45) is 16.5 Å². The lowest BCUT2D eigenvalue weighted by molar-refractivity contribution is 0.307. The Balaban J connectivity index is 0.00000220. The Morgan fingerprint density at radius 2 is 2.05 bits per heavy atom. The number of halogens is 1. The van der Waals surface area contributed by atoms with E-state index in [9.17, 15) is 0 Å². The van der Waals surface area contributed by atoms with Crippen molar-refractivity contribution in [3.05, 3.63) is 43.0 Å². The molecule has 1 heterocycles. The third kappa shape index (κ3) is 5.35. The van der Waals surface area contributed by atoms with Crippen molar-refractivity contribution in [2.45, 2.75) is 12.8 Å². The zero-order chi connectivity index (χ0) is 14.2. The topological polar surface area (TPSA) is 91.5 Å². The van der Waals surface area contributed by atoms with Crippen molar-refractivity contribution in [2.75, 3.05) is 13.2 Å². The second kappa shape index (κ2) is 8.86. The van der Waals surface area contributed by atoms with Gasteiger partial charge in [0.2, 0.25) is 0 Å². The largest absolute Gasteiger partial charge is 0.491 e. The molecular formula is C14H20ClN5O. The van der Waals surface area contributed by atoms with E-state index in [4.69, 9.17) is 16.2 Å². The van der Waals surface area contributed by atoms with Gasteiger partial charge in [-0.15, -0.1) is 12.4 Å². The number of ether oxygens (including phenoxy) is 1. The first-order valence-electron chi connectivity index (χ1n) is 6.53. The summed E-state index contributed by atoms with van der Waals surface area (Å²) in [6.07, 6.45) is 7.17. The number of hydrogen-bond acceptors (Lipinski definition) is 3. The molecule has 0 spiro atoms. The number of unbranched alkanes of at least 4 members (excludes halogenated alkanes) is 1. The molecule has 4 N–H and O–H groups in total. The smallest absolute Gasteiger partial charge is 0.185 e. The predicted molar refractivity (Wildman–Crippen MR) is 86.2 cm³/mol. The molecule has 0 unspecified atom stereocenters. The molecule has 0 aliphatic heterocycles. The number of aromatic nitrogens is 2. The summed E-state index contributed by atoms with van der Waals surface area (Å²) >= 11 is 0. The third-order valence-corrected chi connectivity index (χ3v) is 2.75. The minimum atomic E-state index is 0. The van der Waals surface area contributed by atoms with Gasteiger partial charge in [-0.2, -0.15) is 0 Å². The number of para-hydroxylation sites is 2. The SMILES string of the molecule is Cl.NC(N)=NCCCCOc1ccccc1-n1ccnc1. The van der Waals surface area contributed by atoms with E-state index in [1.807, 2.05) is 35.0 Å². The van der Waals surface area contributed by atoms with Crippen molar-refractivity contribution < 1.29 is 4.74 Å². The number of guanidine groups is 1. The molecule has 0 amide bonds. The molecule has 6 nitrogen and oxygen atoms in total. The van der Waals surface area contributed by atoms with Crippen LogP contribution in [0.1, 0.15) is 12.8 Å². The van der Waals surface area contributed by atoms with Gasteiger partial charge in [0.15, 0.2) is 5.96 Å². The highest BCUT2D eigenvalue weighted by molar-refractivity contribution is 5.85. The first kappa shape index (κ1) is 16.8. The van der Waals surface area contributed by atoms with Crippen LogP contribution in [0.4, 0.5) is 0 Å². The second-order valence-electron chi connectivity index (χ2n) is 4.30. The second-order valence-corrected chi connectivity index (χ2v) is 4.30. The van der Waals surface area contributed by atoms with Gasteiger partial charge < -0.3 is 20.8 Å². The van der Waals surface area contributed by atoms with Gasteiger partial charge in [0.1, 0.15) is 5.75 Å². The molecule has 0 radical (unpaired) electrons. The molecule has 2 aromatic rings. The van der Waals surface area contributed by atoms with Gasteiger partial charge in [-0.25, -0.2) is 4.98 Å². The molecule has 0 bridgehead atoms. The Morgan fingerprint density at radius 1 is 1.24 bits per heavy atom. The lowest BCUT2D eigenvalue weighted by atomic mass is 10.3. The Hall–Kier alpha value is -2.21. The van der Waals surface area contributed by atoms with Crippen molar-refractivity contribution in [1.29, 1.82) is 0 Å². The highest BCUT2D eigenvalue weighted by atomic mass is 35.5. The van der Waals surface area contributed by atoms with Gasteiger partial charge in [-0.1, -0.05) is 12.1 Å². The first-order valence-corrected chi connectivity index (χ1v) is 6.53. The Labute approximate surface area is 130 Å². The van der Waals surface area contributed by atoms with Crippen LogP contribution in [0.15, 0.2) is 48.0 Å². The third-order valence-electron chi connectivity index (χ3n) is 2.75. The van der Waals surface area contributed by atoms with E-state index in [1.54, 1.807) is 12.5 Å². The van der Waals surface area contributed by atoms with Gasteiger partial charge in [-0.3, -0.25) is 4.99 Å². The maximum absolute atomic E-state index is 5.81. The van der Waals surface area contributed by atoms with Gasteiger partial charge in [0.05, 0.1) is 18.6 Å². The fourth-order valence-corrected chi connectivity index (χ4v) is 1.80. The zero-order valence-corrected chi connectivity index (χ0v) is 12.5. The molecule has 1 aromatic carbocycles. The van der Waals surface area contributed by atoms with Crippen molar-refractivity contribution >= 4 is 18.4 Å². The van der Waals surface area contributed by atoms with Crippen LogP contribution in [-0.4, -0.2) is 28.7 Å². The van der Waals surface area contributed by atoms with Crippen LogP contribution in [0.25, 0.3) is 5.69 Å². The molecule has 0 saturated heterocycles. The van der Waals surface area contributed by atoms with Gasteiger partial charge in [0.25, 0.3) is 0 Å². The number of hydrogen-bond donors (Lipinski definition) is 2. The summed E-state index contributed by atoms with van der Waals surface area (Å²) in [6.45, 7) is 1.26. The molecular weight excluding hydrogens is 290 g/mol. The number of benzene rings is 1. The van der Waals surface area contributed by atoms with Crippen LogP contribution >= 0.6 is 12.4 Å². The lowest BCUT2D eigenvalue weighted by Crippen LogP contribution is -2.23. The van der Waals surface area contributed by atoms with E-state index in [2.05, 4.69) is 9.98 Å². The summed E-state index contributed by atoms with van der Waals surface area (Å²) in [5.41, 5.74) is 11.5. The summed E-state index contributed by atoms with van der Waals surface area (Å²) in [5, 5.41) is 0. The summed E-state index contributed by atoms with van der Waals surface area (Å²) in [7, 11) is 0. The first-order chi connectivity index (χ1) is 9.77. The molecule has 1 aromatic heterocycles. The van der Waals surface area contributed by atoms with Crippen LogP contribution in [0.5, 0.6) is 5.75 Å². The molecule has 2 rings (SSSR count). The molecule has 0 fully saturated rings. The van der Waals surface area contributed by atoms with Crippen molar-refractivity contribution in [3.63, 3.8) is 0 Å². The Bertz CT molecular complexity index is 552. The molecule has 0 aliphatic rings. The van der Waals surface area contributed by atoms with E-state index >= 15 is 0 Å². The average molecular weight is 310 g/mol. The molecule has 0 atom stereocenters. The average Bonchev–Trinajstić information content (AvgIpc) is 2.97. The number of nitrogens with zero attached hydrogens (tertiary/aromatic N) is 3. The van der Waals surface area contributed by atoms with Crippen LogP contribution in [-0.2, 0) is 0 Å². The number of rotatable bonds is 7. The summed E-state index contributed by atoms with van der Waals surface area (Å²) in [6, 6.07) is 7.87. The van der Waals surface area contributed by atoms with E-state index in [0.29, 0.717) is 13.2 Å². The van der Waals surface area contributed by atoms with Crippen LogP contribution in [0.3, 0.4) is 0 Å². The standard InChI is InChI=1S/C14H19N5O.ClH/c15-14(16)18-7-3-4-10-20-13-6-2-1-5-12(13)19-9-8-17-11-19;/h1-2,5-6,8-9,11H,3-4,7,10H2,(H4,15,16,18);1H. The minimum absolute atomic E-state index is 0. The van der Waals surface area contributed by atoms with Crippen LogP contribution in [0.2, 0.25) is 0 Å². The molecule has 0 saturated carbocycles. The van der Waals surface area contributed by atoms with Crippen LogP contribution < -0.4 is 16.2 Å². The summed E-state index contributed by atoms with van der Waals surface area (Å²) in [5.74, 6) is 0.976. The van der Waals surface area contributed by atoms with Crippen LogP contribution in [0, 0.1) is 0 Å². The Kier molecular flexibility index (Phi) is 7.11. The fourth-order valence-electron chi connectivity index (χ4n) is 1.80.